The largest absolute Gasteiger partial charge is 0.490 e. The van der Waals surface area contributed by atoms with E-state index in [9.17, 15) is 13.2 Å². The van der Waals surface area contributed by atoms with Crippen molar-refractivity contribution >= 4 is 38.2 Å². The number of carbonyl (C=O) groups excluding carboxylic acids is 1. The predicted molar refractivity (Wildman–Crippen MR) is 140 cm³/mol. The summed E-state index contributed by atoms with van der Waals surface area (Å²) in [7, 11) is -2.94. The van der Waals surface area contributed by atoms with E-state index < -0.39 is 15.9 Å². The van der Waals surface area contributed by atoms with E-state index in [-0.39, 0.29) is 29.8 Å². The second kappa shape index (κ2) is 9.81. The van der Waals surface area contributed by atoms with Gasteiger partial charge in [0.25, 0.3) is 0 Å². The number of nitrogen functional groups attached to an aromatic ring is 1. The Labute approximate surface area is 206 Å². The Balaban J connectivity index is 1.64. The van der Waals surface area contributed by atoms with E-state index >= 15 is 0 Å². The average molecular weight is 500 g/mol. The number of ether oxygens (including phenoxy) is 2. The van der Waals surface area contributed by atoms with Crippen LogP contribution in [0.4, 0.5) is 16.2 Å². The van der Waals surface area contributed by atoms with Crippen LogP contribution in [0.3, 0.4) is 0 Å². The van der Waals surface area contributed by atoms with Gasteiger partial charge >= 0.3 is 6.09 Å². The van der Waals surface area contributed by atoms with Gasteiger partial charge in [0.1, 0.15) is 11.9 Å². The number of nitrogens with two attached hydrogens (primary N) is 1. The fourth-order valence-electron chi connectivity index (χ4n) is 4.47. The van der Waals surface area contributed by atoms with Crippen LogP contribution in [-0.2, 0) is 14.6 Å². The van der Waals surface area contributed by atoms with Crippen molar-refractivity contribution in [1.82, 2.24) is 4.57 Å². The Morgan fingerprint density at radius 2 is 1.71 bits per heavy atom. The molecular weight excluding hydrogens is 466 g/mol. The molecule has 35 heavy (non-hydrogen) atoms. The van der Waals surface area contributed by atoms with E-state index in [0.717, 1.165) is 22.2 Å². The molecule has 0 saturated carbocycles. The smallest absolute Gasteiger partial charge is 0.411 e. The number of hydrogen-bond donors (Lipinski definition) is 2. The van der Waals surface area contributed by atoms with Crippen molar-refractivity contribution in [1.29, 1.82) is 0 Å². The van der Waals surface area contributed by atoms with Crippen molar-refractivity contribution in [3.8, 4) is 17.0 Å². The molecule has 1 aliphatic heterocycles. The highest BCUT2D eigenvalue weighted by Crippen LogP contribution is 2.40. The summed E-state index contributed by atoms with van der Waals surface area (Å²) < 4.78 is 36.9. The molecule has 3 aromatic rings. The van der Waals surface area contributed by atoms with E-state index in [2.05, 4.69) is 23.7 Å². The number of amides is 1. The zero-order valence-corrected chi connectivity index (χ0v) is 21.4. The van der Waals surface area contributed by atoms with Gasteiger partial charge in [-0.3, -0.25) is 5.32 Å². The highest BCUT2D eigenvalue weighted by molar-refractivity contribution is 7.91. The van der Waals surface area contributed by atoms with Gasteiger partial charge < -0.3 is 19.8 Å². The topological polar surface area (TPSA) is 113 Å². The lowest BCUT2D eigenvalue weighted by Gasteiger charge is -2.23. The van der Waals surface area contributed by atoms with E-state index in [1.54, 1.807) is 13.8 Å². The number of rotatable bonds is 6. The number of sulfone groups is 1. The van der Waals surface area contributed by atoms with Gasteiger partial charge in [0.2, 0.25) is 0 Å². The number of nitrogens with one attached hydrogen (secondary N) is 1. The highest BCUT2D eigenvalue weighted by atomic mass is 32.2. The molecule has 0 unspecified atom stereocenters. The lowest BCUT2D eigenvalue weighted by atomic mass is 10.1. The van der Waals surface area contributed by atoms with Crippen molar-refractivity contribution in [3.05, 3.63) is 42.5 Å². The van der Waals surface area contributed by atoms with Crippen LogP contribution in [0.25, 0.3) is 22.2 Å². The second-order valence-electron chi connectivity index (χ2n) is 9.53. The summed E-state index contributed by atoms with van der Waals surface area (Å²) in [5, 5.41) is 3.65. The number of nitrogens with zero attached hydrogens (tertiary/aromatic N) is 1. The molecule has 0 bridgehead atoms. The van der Waals surface area contributed by atoms with Crippen LogP contribution in [-0.4, -0.2) is 42.8 Å². The number of fused-ring (bicyclic) bond motifs is 1. The number of hydrogen-bond acceptors (Lipinski definition) is 6. The minimum atomic E-state index is -2.94. The van der Waals surface area contributed by atoms with E-state index in [1.807, 2.05) is 42.5 Å². The van der Waals surface area contributed by atoms with E-state index in [1.165, 1.54) is 0 Å². The molecule has 0 spiro atoms. The zero-order chi connectivity index (χ0) is 25.3. The molecule has 0 atom stereocenters. The van der Waals surface area contributed by atoms with Gasteiger partial charge in [-0.2, -0.15) is 0 Å². The molecule has 1 aromatic heterocycles. The Morgan fingerprint density at radius 3 is 2.31 bits per heavy atom. The summed E-state index contributed by atoms with van der Waals surface area (Å²) in [6.45, 7) is 7.79. The fourth-order valence-corrected chi connectivity index (χ4v) is 5.92. The van der Waals surface area contributed by atoms with Crippen molar-refractivity contribution < 1.29 is 22.7 Å². The number of anilines is 2. The van der Waals surface area contributed by atoms with Crippen LogP contribution in [0.15, 0.2) is 42.5 Å². The van der Waals surface area contributed by atoms with Gasteiger partial charge in [0.05, 0.1) is 34.5 Å². The number of benzene rings is 2. The molecular formula is C26H33N3O5S. The molecule has 3 N–H and O–H groups in total. The second-order valence-corrected chi connectivity index (χ2v) is 11.8. The molecule has 0 aliphatic carbocycles. The maximum Gasteiger partial charge on any atom is 0.411 e. The molecule has 9 heteroatoms. The fraction of sp³-hybridized carbons (Fsp3) is 0.423. The zero-order valence-electron chi connectivity index (χ0n) is 20.6. The number of carbonyl (C=O) groups is 1. The lowest BCUT2D eigenvalue weighted by molar-refractivity contribution is 0.130. The first-order valence-electron chi connectivity index (χ1n) is 11.9. The first-order chi connectivity index (χ1) is 16.5. The number of aromatic nitrogens is 1. The molecule has 1 aliphatic rings. The third-order valence-electron chi connectivity index (χ3n) is 6.08. The first-order valence-corrected chi connectivity index (χ1v) is 13.7. The molecule has 8 nitrogen and oxygen atoms in total. The third kappa shape index (κ3) is 5.56. The summed E-state index contributed by atoms with van der Waals surface area (Å²) in [5.74, 6) is 1.04. The monoisotopic (exact) mass is 499 g/mol. The minimum absolute atomic E-state index is 0.113. The predicted octanol–water partition coefficient (Wildman–Crippen LogP) is 5.38. The molecule has 188 valence electrons. The molecule has 2 aromatic carbocycles. The molecule has 4 rings (SSSR count). The summed E-state index contributed by atoms with van der Waals surface area (Å²) in [6, 6.07) is 13.5. The lowest BCUT2D eigenvalue weighted by Crippen LogP contribution is -2.30. The molecule has 1 amide bonds. The van der Waals surface area contributed by atoms with Crippen LogP contribution < -0.4 is 15.8 Å². The van der Waals surface area contributed by atoms with Crippen LogP contribution in [0.5, 0.6) is 5.75 Å². The SMILES string of the molecule is CC(C)OC(=O)Nc1ccc(-c2c(N)c3ccc(OC4CCS(=O)(=O)CC4)cc3n2C(C)C)cc1. The van der Waals surface area contributed by atoms with Gasteiger partial charge in [-0.15, -0.1) is 0 Å². The van der Waals surface area contributed by atoms with Crippen molar-refractivity contribution in [2.75, 3.05) is 22.6 Å². The van der Waals surface area contributed by atoms with Gasteiger partial charge in [-0.05, 0) is 64.8 Å². The Hall–Kier alpha value is -3.20. The Bertz CT molecular complexity index is 1310. The van der Waals surface area contributed by atoms with Gasteiger partial charge in [-0.1, -0.05) is 12.1 Å². The normalized spacial score (nSPS) is 16.1. The van der Waals surface area contributed by atoms with Gasteiger partial charge in [0, 0.05) is 28.7 Å². The maximum atomic E-state index is 11.9. The molecule has 2 heterocycles. The van der Waals surface area contributed by atoms with Crippen molar-refractivity contribution in [2.45, 2.75) is 58.8 Å². The van der Waals surface area contributed by atoms with Crippen LogP contribution in [0, 0.1) is 0 Å². The third-order valence-corrected chi connectivity index (χ3v) is 7.80. The molecule has 1 fully saturated rings. The van der Waals surface area contributed by atoms with E-state index in [0.29, 0.717) is 30.0 Å². The Kier molecular flexibility index (Phi) is 6.98. The van der Waals surface area contributed by atoms with Gasteiger partial charge in [-0.25, -0.2) is 13.2 Å². The van der Waals surface area contributed by atoms with E-state index in [4.69, 9.17) is 15.2 Å². The first kappa shape index (κ1) is 24.9. The summed E-state index contributed by atoms with van der Waals surface area (Å²) in [5.41, 5.74) is 10.7. The van der Waals surface area contributed by atoms with Gasteiger partial charge in [0.15, 0.2) is 9.84 Å². The Morgan fingerprint density at radius 1 is 1.06 bits per heavy atom. The van der Waals surface area contributed by atoms with Crippen LogP contribution in [0.1, 0.15) is 46.6 Å². The minimum Gasteiger partial charge on any atom is -0.490 e. The molecule has 0 radical (unpaired) electrons. The quantitative estimate of drug-likeness (QED) is 0.471. The summed E-state index contributed by atoms with van der Waals surface area (Å²) in [6.07, 6.45) is 0.203. The van der Waals surface area contributed by atoms with Crippen LogP contribution >= 0.6 is 0 Å². The van der Waals surface area contributed by atoms with Crippen LogP contribution in [0.2, 0.25) is 0 Å². The highest BCUT2D eigenvalue weighted by Gasteiger charge is 2.25. The summed E-state index contributed by atoms with van der Waals surface area (Å²) >= 11 is 0. The van der Waals surface area contributed by atoms with Crippen molar-refractivity contribution in [3.63, 3.8) is 0 Å². The summed E-state index contributed by atoms with van der Waals surface area (Å²) in [4.78, 5) is 11.9. The standard InChI is InChI=1S/C26H33N3O5S/c1-16(2)29-23-15-21(34-20-11-13-35(31,32)14-12-20)9-10-22(23)24(27)25(29)18-5-7-19(8-6-18)28-26(30)33-17(3)4/h5-10,15-17,20H,11-14,27H2,1-4H3,(H,28,30). The molecule has 1 saturated heterocycles. The average Bonchev–Trinajstić information content (AvgIpc) is 3.07. The maximum absolute atomic E-state index is 11.9. The van der Waals surface area contributed by atoms with Crippen molar-refractivity contribution in [2.24, 2.45) is 0 Å².